The molecule has 0 bridgehead atoms. The van der Waals surface area contributed by atoms with Gasteiger partial charge in [-0.3, -0.25) is 0 Å². The molecule has 2 heterocycles. The molecule has 2 aromatic heterocycles. The van der Waals surface area contributed by atoms with Crippen LogP contribution in [0.3, 0.4) is 0 Å². The monoisotopic (exact) mass is 410 g/mol. The summed E-state index contributed by atoms with van der Waals surface area (Å²) < 4.78 is 13.1. The number of hydrogen-bond donors (Lipinski definition) is 3. The average Bonchev–Trinajstić information content (AvgIpc) is 2.98. The molecule has 142 valence electrons. The predicted molar refractivity (Wildman–Crippen MR) is 103 cm³/mol. The van der Waals surface area contributed by atoms with E-state index in [1.54, 1.807) is 24.3 Å². The first kappa shape index (κ1) is 19.2. The average molecular weight is 411 g/mol. The Kier molecular flexibility index (Phi) is 5.98. The molecule has 0 radical (unpaired) electrons. The van der Waals surface area contributed by atoms with Gasteiger partial charge in [-0.2, -0.15) is 9.37 Å². The van der Waals surface area contributed by atoms with Crippen LogP contribution in [0.25, 0.3) is 11.2 Å². The zero-order chi connectivity index (χ0) is 19.4. The van der Waals surface area contributed by atoms with Crippen molar-refractivity contribution in [2.75, 3.05) is 18.4 Å². The Hall–Kier alpha value is -2.58. The maximum Gasteiger partial charge on any atom is 0.315 e. The highest BCUT2D eigenvalue weighted by Gasteiger charge is 2.11. The van der Waals surface area contributed by atoms with Crippen LogP contribution < -0.4 is 11.1 Å². The largest absolute Gasteiger partial charge is 0.356 e. The number of urea groups is 1. The van der Waals surface area contributed by atoms with Gasteiger partial charge in [0.15, 0.2) is 5.65 Å². The number of benzene rings is 1. The van der Waals surface area contributed by atoms with Gasteiger partial charge < -0.3 is 20.9 Å². The van der Waals surface area contributed by atoms with Crippen LogP contribution in [0.4, 0.5) is 15.1 Å². The molecule has 3 rings (SSSR count). The first-order chi connectivity index (χ1) is 12.9. The number of imidazole rings is 1. The summed E-state index contributed by atoms with van der Waals surface area (Å²) in [6.07, 6.45) is 0.621. The van der Waals surface area contributed by atoms with Gasteiger partial charge in [-0.05, 0) is 42.3 Å². The molecule has 0 saturated carbocycles. The number of pyridine rings is 1. The summed E-state index contributed by atoms with van der Waals surface area (Å²) in [6.45, 7) is 1.27. The minimum atomic E-state index is -0.573. The number of hydrogen-bond acceptors (Lipinski definition) is 4. The third-order valence-corrected chi connectivity index (χ3v) is 4.25. The van der Waals surface area contributed by atoms with Crippen LogP contribution in [-0.4, -0.2) is 39.0 Å². The van der Waals surface area contributed by atoms with E-state index in [-0.39, 0.29) is 0 Å². The smallest absolute Gasteiger partial charge is 0.315 e. The standard InChI is InChI=1S/C17H17Cl2FN6O/c18-11-6-10(7-12(19)8-11)9-26(16(21)27)5-1-4-22-17-23-13-2-3-14(20)24-15(13)25-17/h2-3,6-8H,1,4-5,9H2,(H2,21,27)(H2,22,23,24,25). The second-order valence-electron chi connectivity index (χ2n) is 5.90. The van der Waals surface area contributed by atoms with Crippen LogP contribution in [-0.2, 0) is 6.54 Å². The summed E-state index contributed by atoms with van der Waals surface area (Å²) in [5.41, 5.74) is 7.19. The minimum Gasteiger partial charge on any atom is -0.356 e. The summed E-state index contributed by atoms with van der Waals surface area (Å²) >= 11 is 12.0. The number of aromatic amines is 1. The summed E-state index contributed by atoms with van der Waals surface area (Å²) in [7, 11) is 0. The number of fused-ring (bicyclic) bond motifs is 1. The summed E-state index contributed by atoms with van der Waals surface area (Å²) in [4.78, 5) is 24.1. The molecular weight excluding hydrogens is 394 g/mol. The number of rotatable bonds is 7. The predicted octanol–water partition coefficient (Wildman–Crippen LogP) is 3.79. The fourth-order valence-corrected chi connectivity index (χ4v) is 3.19. The summed E-state index contributed by atoms with van der Waals surface area (Å²) in [5, 5.41) is 4.08. The van der Waals surface area contributed by atoms with Crippen molar-refractivity contribution in [3.05, 3.63) is 51.9 Å². The Balaban J connectivity index is 1.54. The highest BCUT2D eigenvalue weighted by atomic mass is 35.5. The van der Waals surface area contributed by atoms with Gasteiger partial charge in [0.2, 0.25) is 11.9 Å². The fraction of sp³-hybridized carbons (Fsp3) is 0.235. The first-order valence-corrected chi connectivity index (χ1v) is 8.92. The van der Waals surface area contributed by atoms with Gasteiger partial charge in [-0.25, -0.2) is 9.78 Å². The molecule has 0 spiro atoms. The number of carbonyl (C=O) groups excluding carboxylic acids is 1. The van der Waals surface area contributed by atoms with E-state index >= 15 is 0 Å². The van der Waals surface area contributed by atoms with E-state index in [4.69, 9.17) is 28.9 Å². The van der Waals surface area contributed by atoms with Gasteiger partial charge in [0.25, 0.3) is 0 Å². The van der Waals surface area contributed by atoms with Crippen molar-refractivity contribution in [2.45, 2.75) is 13.0 Å². The van der Waals surface area contributed by atoms with Crippen LogP contribution in [0.1, 0.15) is 12.0 Å². The molecule has 0 aliphatic rings. The number of nitrogens with two attached hydrogens (primary N) is 1. The molecule has 0 atom stereocenters. The Morgan fingerprint density at radius 3 is 2.67 bits per heavy atom. The molecule has 4 N–H and O–H groups in total. The molecular formula is C17H17Cl2FN6O. The lowest BCUT2D eigenvalue weighted by atomic mass is 10.2. The van der Waals surface area contributed by atoms with Crippen molar-refractivity contribution >= 4 is 46.3 Å². The Bertz CT molecular complexity index is 943. The Morgan fingerprint density at radius 2 is 1.96 bits per heavy atom. The SMILES string of the molecule is NC(=O)N(CCCNc1nc2ccc(F)nc2[nH]1)Cc1cc(Cl)cc(Cl)c1. The number of H-pyrrole nitrogens is 1. The van der Waals surface area contributed by atoms with Crippen LogP contribution in [0.15, 0.2) is 30.3 Å². The first-order valence-electron chi connectivity index (χ1n) is 8.16. The van der Waals surface area contributed by atoms with Crippen molar-refractivity contribution in [1.82, 2.24) is 19.9 Å². The summed E-state index contributed by atoms with van der Waals surface area (Å²) in [5.74, 6) is -0.0914. The van der Waals surface area contributed by atoms with Gasteiger partial charge in [0.05, 0.1) is 0 Å². The van der Waals surface area contributed by atoms with E-state index in [0.717, 1.165) is 5.56 Å². The topological polar surface area (TPSA) is 99.9 Å². The van der Waals surface area contributed by atoms with Crippen molar-refractivity contribution in [2.24, 2.45) is 5.73 Å². The molecule has 0 saturated heterocycles. The van der Waals surface area contributed by atoms with Crippen LogP contribution in [0, 0.1) is 5.95 Å². The van der Waals surface area contributed by atoms with Gasteiger partial charge in [0, 0.05) is 29.7 Å². The fourth-order valence-electron chi connectivity index (χ4n) is 2.62. The molecule has 1 aromatic carbocycles. The quantitative estimate of drug-likeness (QED) is 0.407. The van der Waals surface area contributed by atoms with E-state index < -0.39 is 12.0 Å². The molecule has 10 heteroatoms. The van der Waals surface area contributed by atoms with E-state index in [1.165, 1.54) is 11.0 Å². The van der Waals surface area contributed by atoms with Crippen molar-refractivity contribution in [3.8, 4) is 0 Å². The molecule has 2 amide bonds. The number of halogens is 3. The van der Waals surface area contributed by atoms with Crippen molar-refractivity contribution < 1.29 is 9.18 Å². The van der Waals surface area contributed by atoms with Crippen molar-refractivity contribution in [3.63, 3.8) is 0 Å². The van der Waals surface area contributed by atoms with Crippen LogP contribution in [0.2, 0.25) is 10.0 Å². The minimum absolute atomic E-state index is 0.309. The van der Waals surface area contributed by atoms with Crippen molar-refractivity contribution in [1.29, 1.82) is 0 Å². The highest BCUT2D eigenvalue weighted by Crippen LogP contribution is 2.20. The lowest BCUT2D eigenvalue weighted by molar-refractivity contribution is 0.204. The molecule has 0 aliphatic heterocycles. The highest BCUT2D eigenvalue weighted by molar-refractivity contribution is 6.34. The lowest BCUT2D eigenvalue weighted by Gasteiger charge is -2.20. The zero-order valence-corrected chi connectivity index (χ0v) is 15.7. The van der Waals surface area contributed by atoms with Gasteiger partial charge in [0.1, 0.15) is 5.52 Å². The number of nitrogens with zero attached hydrogens (tertiary/aromatic N) is 3. The maximum atomic E-state index is 13.1. The maximum absolute atomic E-state index is 13.1. The van der Waals surface area contributed by atoms with E-state index in [1.807, 2.05) is 0 Å². The second-order valence-corrected chi connectivity index (χ2v) is 6.78. The number of carbonyl (C=O) groups is 1. The number of aromatic nitrogens is 3. The number of primary amides is 1. The zero-order valence-electron chi connectivity index (χ0n) is 14.2. The molecule has 0 unspecified atom stereocenters. The molecule has 27 heavy (non-hydrogen) atoms. The third-order valence-electron chi connectivity index (χ3n) is 3.81. The van der Waals surface area contributed by atoms with Gasteiger partial charge >= 0.3 is 6.03 Å². The molecule has 3 aromatic rings. The van der Waals surface area contributed by atoms with E-state index in [9.17, 15) is 9.18 Å². The molecule has 7 nitrogen and oxygen atoms in total. The van der Waals surface area contributed by atoms with E-state index in [2.05, 4.69) is 20.3 Å². The van der Waals surface area contributed by atoms with Gasteiger partial charge in [-0.1, -0.05) is 23.2 Å². The normalized spacial score (nSPS) is 10.9. The number of nitrogens with one attached hydrogen (secondary N) is 2. The number of anilines is 1. The Morgan fingerprint density at radius 1 is 1.22 bits per heavy atom. The molecule has 0 fully saturated rings. The third kappa shape index (κ3) is 5.21. The van der Waals surface area contributed by atoms with Crippen LogP contribution in [0.5, 0.6) is 0 Å². The second kappa shape index (κ2) is 8.41. The van der Waals surface area contributed by atoms with Gasteiger partial charge in [-0.15, -0.1) is 0 Å². The molecule has 0 aliphatic carbocycles. The number of amides is 2. The van der Waals surface area contributed by atoms with E-state index in [0.29, 0.717) is 53.2 Å². The van der Waals surface area contributed by atoms with Crippen LogP contribution >= 0.6 is 23.2 Å². The lowest BCUT2D eigenvalue weighted by Crippen LogP contribution is -2.36. The summed E-state index contributed by atoms with van der Waals surface area (Å²) in [6, 6.07) is 7.36. The Labute approximate surface area is 164 Å².